The number of carboxylic acids is 1. The van der Waals surface area contributed by atoms with E-state index < -0.39 is 18.0 Å². The Morgan fingerprint density at radius 1 is 1.14 bits per heavy atom. The summed E-state index contributed by atoms with van der Waals surface area (Å²) in [6, 6.07) is 0. The third-order valence-electron chi connectivity index (χ3n) is 3.04. The molecule has 2 amide bonds. The summed E-state index contributed by atoms with van der Waals surface area (Å²) in [6.45, 7) is -0.144. The summed E-state index contributed by atoms with van der Waals surface area (Å²) in [4.78, 5) is 37.8. The molecule has 0 bridgehead atoms. The van der Waals surface area contributed by atoms with Crippen molar-refractivity contribution in [3.8, 4) is 0 Å². The molecule has 0 aromatic heterocycles. The molecule has 0 atom stereocenters. The second kappa shape index (κ2) is 9.98. The number of aliphatic carboxylic acids is 1. The molecule has 0 unspecified atom stereocenters. The molecule has 3 N–H and O–H groups in total. The monoisotopic (exact) mass is 302 g/mol. The predicted molar refractivity (Wildman–Crippen MR) is 72.3 cm³/mol. The molecule has 1 aliphatic carbocycles. The lowest BCUT2D eigenvalue weighted by Gasteiger charge is -2.21. The fourth-order valence-electron chi connectivity index (χ4n) is 1.99. The predicted octanol–water partition coefficient (Wildman–Crippen LogP) is 0.958. The lowest BCUT2D eigenvalue weighted by Crippen LogP contribution is -2.38. The number of hydroxylamine groups is 1. The summed E-state index contributed by atoms with van der Waals surface area (Å²) in [6.07, 6.45) is 4.62. The molecule has 8 heteroatoms. The van der Waals surface area contributed by atoms with Gasteiger partial charge in [-0.15, -0.1) is 0 Å². The Morgan fingerprint density at radius 2 is 1.86 bits per heavy atom. The average molecular weight is 302 g/mol. The van der Waals surface area contributed by atoms with Gasteiger partial charge in [0.1, 0.15) is 12.6 Å². The number of rotatable bonds is 8. The molecule has 8 nitrogen and oxygen atoms in total. The van der Waals surface area contributed by atoms with E-state index in [9.17, 15) is 14.4 Å². The third-order valence-corrected chi connectivity index (χ3v) is 3.04. The van der Waals surface area contributed by atoms with E-state index >= 15 is 0 Å². The van der Waals surface area contributed by atoms with Crippen LogP contribution in [-0.2, 0) is 19.2 Å². The zero-order valence-electron chi connectivity index (χ0n) is 11.9. The van der Waals surface area contributed by atoms with E-state index in [-0.39, 0.29) is 25.7 Å². The van der Waals surface area contributed by atoms with Crippen LogP contribution in [0.2, 0.25) is 0 Å². The smallest absolute Gasteiger partial charge is 0.407 e. The fraction of sp³-hybridized carbons (Fsp3) is 0.769. The van der Waals surface area contributed by atoms with E-state index in [1.807, 2.05) is 0 Å². The first-order valence-electron chi connectivity index (χ1n) is 7.15. The van der Waals surface area contributed by atoms with E-state index in [1.165, 1.54) is 6.42 Å². The van der Waals surface area contributed by atoms with Crippen LogP contribution in [0.15, 0.2) is 0 Å². The molecule has 0 aromatic carbocycles. The van der Waals surface area contributed by atoms with Crippen molar-refractivity contribution in [1.82, 2.24) is 10.8 Å². The minimum atomic E-state index is -0.919. The van der Waals surface area contributed by atoms with Crippen LogP contribution in [0.5, 0.6) is 0 Å². The van der Waals surface area contributed by atoms with Gasteiger partial charge in [0.25, 0.3) is 5.91 Å². The van der Waals surface area contributed by atoms with Crippen LogP contribution >= 0.6 is 0 Å². The number of carboxylic acid groups (broad SMARTS) is 1. The molecule has 1 saturated carbocycles. The van der Waals surface area contributed by atoms with Gasteiger partial charge in [0.2, 0.25) is 0 Å². The number of amides is 2. The van der Waals surface area contributed by atoms with E-state index in [0.717, 1.165) is 25.7 Å². The first-order chi connectivity index (χ1) is 10.1. The van der Waals surface area contributed by atoms with E-state index in [0.29, 0.717) is 6.42 Å². The highest BCUT2D eigenvalue weighted by atomic mass is 16.6. The second-order valence-corrected chi connectivity index (χ2v) is 4.89. The number of carbonyl (C=O) groups is 3. The van der Waals surface area contributed by atoms with Crippen molar-refractivity contribution < 1.29 is 29.1 Å². The molecule has 0 spiro atoms. The molecule has 0 heterocycles. The van der Waals surface area contributed by atoms with E-state index in [1.54, 1.807) is 0 Å². The maximum Gasteiger partial charge on any atom is 0.407 e. The van der Waals surface area contributed by atoms with E-state index in [2.05, 4.69) is 10.8 Å². The van der Waals surface area contributed by atoms with Crippen LogP contribution < -0.4 is 10.8 Å². The van der Waals surface area contributed by atoms with Crippen LogP contribution in [-0.4, -0.2) is 42.3 Å². The van der Waals surface area contributed by atoms with Gasteiger partial charge in [0.15, 0.2) is 0 Å². The Hall–Kier alpha value is -1.83. The van der Waals surface area contributed by atoms with Crippen LogP contribution in [0, 0.1) is 0 Å². The standard InChI is InChI=1S/C13H22N2O6/c16-11(15-20-8-4-7-12(17)18)9-14-13(19)21-10-5-2-1-3-6-10/h10H,1-9H2,(H,14,19)(H,15,16)(H,17,18). The first kappa shape index (κ1) is 17.2. The normalized spacial score (nSPS) is 15.2. The maximum atomic E-state index is 11.4. The average Bonchev–Trinajstić information content (AvgIpc) is 2.45. The van der Waals surface area contributed by atoms with Gasteiger partial charge in [0.05, 0.1) is 6.61 Å². The number of alkyl carbamates (subject to hydrolysis) is 1. The minimum Gasteiger partial charge on any atom is -0.481 e. The molecule has 1 aliphatic rings. The summed E-state index contributed by atoms with van der Waals surface area (Å²) in [5.41, 5.74) is 2.11. The van der Waals surface area contributed by atoms with Crippen molar-refractivity contribution in [3.05, 3.63) is 0 Å². The van der Waals surface area contributed by atoms with Crippen LogP contribution in [0.4, 0.5) is 4.79 Å². The number of ether oxygens (including phenoxy) is 1. The number of hydrogen-bond donors (Lipinski definition) is 3. The summed E-state index contributed by atoms with van der Waals surface area (Å²) in [5, 5.41) is 10.7. The zero-order valence-corrected chi connectivity index (χ0v) is 11.9. The summed E-state index contributed by atoms with van der Waals surface area (Å²) < 4.78 is 5.17. The highest BCUT2D eigenvalue weighted by Gasteiger charge is 2.17. The van der Waals surface area contributed by atoms with Crippen molar-refractivity contribution in [2.45, 2.75) is 51.0 Å². The lowest BCUT2D eigenvalue weighted by atomic mass is 9.98. The molecule has 120 valence electrons. The lowest BCUT2D eigenvalue weighted by molar-refractivity contribution is -0.138. The molecule has 0 radical (unpaired) electrons. The van der Waals surface area contributed by atoms with Crippen LogP contribution in [0.1, 0.15) is 44.9 Å². The van der Waals surface area contributed by atoms with Gasteiger partial charge in [0, 0.05) is 6.42 Å². The number of carbonyl (C=O) groups excluding carboxylic acids is 2. The Bertz CT molecular complexity index is 355. The molecule has 0 saturated heterocycles. The molecule has 1 fully saturated rings. The number of hydrogen-bond acceptors (Lipinski definition) is 5. The van der Waals surface area contributed by atoms with Crippen LogP contribution in [0.3, 0.4) is 0 Å². The molecular weight excluding hydrogens is 280 g/mol. The number of nitrogens with one attached hydrogen (secondary N) is 2. The molecule has 1 rings (SSSR count). The molecular formula is C13H22N2O6. The highest BCUT2D eigenvalue weighted by Crippen LogP contribution is 2.20. The van der Waals surface area contributed by atoms with E-state index in [4.69, 9.17) is 14.7 Å². The third kappa shape index (κ3) is 8.85. The fourth-order valence-corrected chi connectivity index (χ4v) is 1.99. The van der Waals surface area contributed by atoms with Crippen molar-refractivity contribution in [1.29, 1.82) is 0 Å². The van der Waals surface area contributed by atoms with Gasteiger partial charge in [-0.3, -0.25) is 14.4 Å². The summed E-state index contributed by atoms with van der Waals surface area (Å²) in [5.74, 6) is -1.44. The van der Waals surface area contributed by atoms with Crippen molar-refractivity contribution in [2.24, 2.45) is 0 Å². The van der Waals surface area contributed by atoms with Gasteiger partial charge in [-0.1, -0.05) is 6.42 Å². The first-order valence-corrected chi connectivity index (χ1v) is 7.15. The van der Waals surface area contributed by atoms with Gasteiger partial charge in [-0.25, -0.2) is 10.3 Å². The largest absolute Gasteiger partial charge is 0.481 e. The van der Waals surface area contributed by atoms with Gasteiger partial charge >= 0.3 is 12.1 Å². The van der Waals surface area contributed by atoms with Gasteiger partial charge in [-0.05, 0) is 32.1 Å². The molecule has 21 heavy (non-hydrogen) atoms. The van der Waals surface area contributed by atoms with Crippen molar-refractivity contribution >= 4 is 18.0 Å². The quantitative estimate of drug-likeness (QED) is 0.454. The van der Waals surface area contributed by atoms with Crippen LogP contribution in [0.25, 0.3) is 0 Å². The van der Waals surface area contributed by atoms with Crippen molar-refractivity contribution in [3.63, 3.8) is 0 Å². The minimum absolute atomic E-state index is 0.0260. The summed E-state index contributed by atoms with van der Waals surface area (Å²) >= 11 is 0. The topological polar surface area (TPSA) is 114 Å². The summed E-state index contributed by atoms with van der Waals surface area (Å²) in [7, 11) is 0. The second-order valence-electron chi connectivity index (χ2n) is 4.89. The Labute approximate surface area is 123 Å². The maximum absolute atomic E-state index is 11.4. The van der Waals surface area contributed by atoms with Crippen molar-refractivity contribution in [2.75, 3.05) is 13.2 Å². The SMILES string of the molecule is O=C(O)CCCONC(=O)CNC(=O)OC1CCCCC1. The Kier molecular flexibility index (Phi) is 8.18. The molecule has 0 aromatic rings. The zero-order chi connectivity index (χ0) is 15.5. The van der Waals surface area contributed by atoms with Gasteiger partial charge in [-0.2, -0.15) is 0 Å². The Balaban J connectivity index is 2.01. The Morgan fingerprint density at radius 3 is 2.52 bits per heavy atom. The molecule has 0 aliphatic heterocycles. The highest BCUT2D eigenvalue weighted by molar-refractivity contribution is 5.81. The van der Waals surface area contributed by atoms with Gasteiger partial charge < -0.3 is 15.2 Å².